The van der Waals surface area contributed by atoms with E-state index in [9.17, 15) is 0 Å². The number of hydrogen-bond acceptors (Lipinski definition) is 2. The third-order valence-corrected chi connectivity index (χ3v) is 3.75. The van der Waals surface area contributed by atoms with Gasteiger partial charge in [-0.25, -0.2) is 0 Å². The van der Waals surface area contributed by atoms with E-state index in [-0.39, 0.29) is 0 Å². The van der Waals surface area contributed by atoms with Crippen LogP contribution >= 0.6 is 0 Å². The summed E-state index contributed by atoms with van der Waals surface area (Å²) in [6.45, 7) is 5.27. The predicted octanol–water partition coefficient (Wildman–Crippen LogP) is 4.97. The summed E-state index contributed by atoms with van der Waals surface area (Å²) < 4.78 is 0. The topological polar surface area (TPSA) is 24.9 Å². The highest BCUT2D eigenvalue weighted by atomic mass is 14.9. The highest BCUT2D eigenvalue weighted by molar-refractivity contribution is 5.82. The smallest absolute Gasteiger partial charge is 0.0703 e. The van der Waals surface area contributed by atoms with Crippen LogP contribution in [0.15, 0.2) is 60.8 Å². The molecule has 2 heteroatoms. The Morgan fingerprint density at radius 2 is 1.81 bits per heavy atom. The molecule has 0 amide bonds. The number of benzene rings is 2. The summed E-state index contributed by atoms with van der Waals surface area (Å²) >= 11 is 0. The summed E-state index contributed by atoms with van der Waals surface area (Å²) in [5, 5.41) is 4.64. The van der Waals surface area contributed by atoms with Gasteiger partial charge in [0.1, 0.15) is 0 Å². The lowest BCUT2D eigenvalue weighted by Gasteiger charge is -2.09. The van der Waals surface area contributed by atoms with Gasteiger partial charge in [-0.2, -0.15) is 0 Å². The van der Waals surface area contributed by atoms with E-state index in [0.29, 0.717) is 5.92 Å². The zero-order valence-corrected chi connectivity index (χ0v) is 12.5. The molecule has 2 aromatic carbocycles. The van der Waals surface area contributed by atoms with Crippen LogP contribution < -0.4 is 5.32 Å². The number of nitrogens with one attached hydrogen (secondary N) is 1. The molecule has 0 spiro atoms. The van der Waals surface area contributed by atoms with Crippen molar-refractivity contribution < 1.29 is 0 Å². The maximum absolute atomic E-state index is 4.34. The average Bonchev–Trinajstić information content (AvgIpc) is 2.53. The number of nitrogens with zero attached hydrogens (tertiary/aromatic N) is 1. The first-order chi connectivity index (χ1) is 10.2. The van der Waals surface area contributed by atoms with Gasteiger partial charge < -0.3 is 5.32 Å². The molecule has 0 aliphatic carbocycles. The van der Waals surface area contributed by atoms with Gasteiger partial charge in [0.2, 0.25) is 0 Å². The first kappa shape index (κ1) is 13.6. The number of anilines is 1. The molecule has 3 rings (SSSR count). The second-order valence-corrected chi connectivity index (χ2v) is 5.66. The monoisotopic (exact) mass is 276 g/mol. The fraction of sp³-hybridized carbons (Fsp3) is 0.211. The molecule has 0 aliphatic heterocycles. The average molecular weight is 276 g/mol. The van der Waals surface area contributed by atoms with Crippen LogP contribution in [0.4, 0.5) is 5.69 Å². The van der Waals surface area contributed by atoms with Crippen molar-refractivity contribution in [1.29, 1.82) is 0 Å². The molecule has 1 aromatic heterocycles. The summed E-state index contributed by atoms with van der Waals surface area (Å²) in [5.41, 5.74) is 4.84. The Kier molecular flexibility index (Phi) is 3.87. The fourth-order valence-electron chi connectivity index (χ4n) is 2.41. The number of rotatable bonds is 4. The third kappa shape index (κ3) is 3.22. The summed E-state index contributed by atoms with van der Waals surface area (Å²) in [4.78, 5) is 4.34. The molecule has 21 heavy (non-hydrogen) atoms. The van der Waals surface area contributed by atoms with Crippen molar-refractivity contribution in [3.05, 3.63) is 71.9 Å². The van der Waals surface area contributed by atoms with E-state index in [4.69, 9.17) is 0 Å². The summed E-state index contributed by atoms with van der Waals surface area (Å²) in [5.74, 6) is 0.583. The normalized spacial score (nSPS) is 11.0. The summed E-state index contributed by atoms with van der Waals surface area (Å²) in [6, 6.07) is 19.2. The van der Waals surface area contributed by atoms with Crippen molar-refractivity contribution in [3.63, 3.8) is 0 Å². The molecule has 1 heterocycles. The van der Waals surface area contributed by atoms with E-state index in [1.807, 2.05) is 12.3 Å². The van der Waals surface area contributed by atoms with Crippen LogP contribution in [0.1, 0.15) is 30.9 Å². The Morgan fingerprint density at radius 1 is 1.00 bits per heavy atom. The van der Waals surface area contributed by atoms with E-state index >= 15 is 0 Å². The van der Waals surface area contributed by atoms with Gasteiger partial charge in [0.25, 0.3) is 0 Å². The quantitative estimate of drug-likeness (QED) is 0.727. The lowest BCUT2D eigenvalue weighted by Crippen LogP contribution is -1.99. The molecule has 0 radical (unpaired) electrons. The Hall–Kier alpha value is -2.35. The molecule has 0 bridgehead atoms. The molecule has 3 aromatic rings. The van der Waals surface area contributed by atoms with Crippen molar-refractivity contribution >= 4 is 16.6 Å². The first-order valence-corrected chi connectivity index (χ1v) is 7.40. The molecule has 0 fully saturated rings. The van der Waals surface area contributed by atoms with Crippen LogP contribution in [0.5, 0.6) is 0 Å². The molecule has 106 valence electrons. The highest BCUT2D eigenvalue weighted by Gasteiger charge is 2.00. The number of hydrogen-bond donors (Lipinski definition) is 1. The van der Waals surface area contributed by atoms with E-state index in [2.05, 4.69) is 72.7 Å². The minimum atomic E-state index is 0.583. The van der Waals surface area contributed by atoms with Gasteiger partial charge in [-0.1, -0.05) is 44.2 Å². The van der Waals surface area contributed by atoms with Crippen molar-refractivity contribution in [1.82, 2.24) is 4.98 Å². The SMILES string of the molecule is CC(C)c1ccc(CNc2ccc3ncccc3c2)cc1. The predicted molar refractivity (Wildman–Crippen MR) is 89.6 cm³/mol. The molecule has 2 nitrogen and oxygen atoms in total. The van der Waals surface area contributed by atoms with Crippen molar-refractivity contribution in [2.45, 2.75) is 26.3 Å². The van der Waals surface area contributed by atoms with E-state index < -0.39 is 0 Å². The van der Waals surface area contributed by atoms with Gasteiger partial charge >= 0.3 is 0 Å². The molecule has 1 N–H and O–H groups in total. The van der Waals surface area contributed by atoms with Gasteiger partial charge in [-0.15, -0.1) is 0 Å². The Balaban J connectivity index is 1.71. The van der Waals surface area contributed by atoms with Gasteiger partial charge in [0, 0.05) is 23.8 Å². The molecular formula is C19H20N2. The van der Waals surface area contributed by atoms with Gasteiger partial charge in [-0.3, -0.25) is 4.98 Å². The van der Waals surface area contributed by atoms with Crippen LogP contribution in [-0.2, 0) is 6.54 Å². The lowest BCUT2D eigenvalue weighted by molar-refractivity contribution is 0.865. The minimum Gasteiger partial charge on any atom is -0.381 e. The van der Waals surface area contributed by atoms with Gasteiger partial charge in [0.15, 0.2) is 0 Å². The zero-order chi connectivity index (χ0) is 14.7. The molecule has 0 saturated carbocycles. The molecular weight excluding hydrogens is 256 g/mol. The fourth-order valence-corrected chi connectivity index (χ4v) is 2.41. The van der Waals surface area contributed by atoms with Crippen molar-refractivity contribution in [2.75, 3.05) is 5.32 Å². The molecule has 0 saturated heterocycles. The Bertz CT molecular complexity index is 730. The van der Waals surface area contributed by atoms with Gasteiger partial charge in [0.05, 0.1) is 5.52 Å². The summed E-state index contributed by atoms with van der Waals surface area (Å²) in [6.07, 6.45) is 1.83. The van der Waals surface area contributed by atoms with Crippen LogP contribution in [-0.4, -0.2) is 4.98 Å². The van der Waals surface area contributed by atoms with Crippen molar-refractivity contribution in [2.24, 2.45) is 0 Å². The van der Waals surface area contributed by atoms with Crippen LogP contribution in [0.3, 0.4) is 0 Å². The highest BCUT2D eigenvalue weighted by Crippen LogP contribution is 2.19. The summed E-state index contributed by atoms with van der Waals surface area (Å²) in [7, 11) is 0. The Morgan fingerprint density at radius 3 is 2.57 bits per heavy atom. The molecule has 0 aliphatic rings. The Labute approximate surface area is 125 Å². The maximum atomic E-state index is 4.34. The van der Waals surface area contributed by atoms with Crippen LogP contribution in [0.2, 0.25) is 0 Å². The van der Waals surface area contributed by atoms with E-state index in [1.165, 1.54) is 11.1 Å². The first-order valence-electron chi connectivity index (χ1n) is 7.40. The third-order valence-electron chi connectivity index (χ3n) is 3.75. The molecule has 0 unspecified atom stereocenters. The van der Waals surface area contributed by atoms with E-state index in [0.717, 1.165) is 23.1 Å². The number of fused-ring (bicyclic) bond motifs is 1. The van der Waals surface area contributed by atoms with E-state index in [1.54, 1.807) is 0 Å². The zero-order valence-electron chi connectivity index (χ0n) is 12.5. The second-order valence-electron chi connectivity index (χ2n) is 5.66. The number of aromatic nitrogens is 1. The number of pyridine rings is 1. The molecule has 0 atom stereocenters. The lowest BCUT2D eigenvalue weighted by atomic mass is 10.0. The second kappa shape index (κ2) is 5.96. The van der Waals surface area contributed by atoms with Crippen LogP contribution in [0, 0.1) is 0 Å². The van der Waals surface area contributed by atoms with Gasteiger partial charge in [-0.05, 0) is 41.3 Å². The largest absolute Gasteiger partial charge is 0.381 e. The maximum Gasteiger partial charge on any atom is 0.0703 e. The standard InChI is InChI=1S/C19H20N2/c1-14(2)16-7-5-15(6-8-16)13-21-18-9-10-19-17(12-18)4-3-11-20-19/h3-12,14,21H,13H2,1-2H3. The van der Waals surface area contributed by atoms with Crippen molar-refractivity contribution in [3.8, 4) is 0 Å². The minimum absolute atomic E-state index is 0.583. The van der Waals surface area contributed by atoms with Crippen LogP contribution in [0.25, 0.3) is 10.9 Å².